The van der Waals surface area contributed by atoms with Crippen LogP contribution in [0.3, 0.4) is 0 Å². The van der Waals surface area contributed by atoms with Gasteiger partial charge in [-0.2, -0.15) is 0 Å². The van der Waals surface area contributed by atoms with E-state index in [2.05, 4.69) is 0 Å². The zero-order chi connectivity index (χ0) is 18.8. The number of furan rings is 1. The normalized spacial score (nSPS) is 14.3. The van der Waals surface area contributed by atoms with Crippen LogP contribution in [0.1, 0.15) is 11.3 Å². The molecule has 0 radical (unpaired) electrons. The molecule has 3 aromatic rings. The van der Waals surface area contributed by atoms with Crippen LogP contribution in [0.15, 0.2) is 82.3 Å². The van der Waals surface area contributed by atoms with Gasteiger partial charge in [-0.15, -0.1) is 11.8 Å². The second-order valence-electron chi connectivity index (χ2n) is 5.86. The minimum atomic E-state index is -0.351. The van der Waals surface area contributed by atoms with Crippen LogP contribution in [-0.2, 0) is 15.3 Å². The summed E-state index contributed by atoms with van der Waals surface area (Å²) >= 11 is 7.36. The molecule has 1 aromatic heterocycles. The summed E-state index contributed by atoms with van der Waals surface area (Å²) in [6.45, 7) is 0. The number of thioether (sulfide) groups is 1. The lowest BCUT2D eigenvalue weighted by molar-refractivity contribution is -0.119. The average molecular weight is 396 g/mol. The Morgan fingerprint density at radius 1 is 0.926 bits per heavy atom. The van der Waals surface area contributed by atoms with Gasteiger partial charge in [-0.3, -0.25) is 9.59 Å². The van der Waals surface area contributed by atoms with Gasteiger partial charge >= 0.3 is 0 Å². The first-order chi connectivity index (χ1) is 13.1. The monoisotopic (exact) mass is 395 g/mol. The van der Waals surface area contributed by atoms with E-state index in [0.29, 0.717) is 32.5 Å². The second kappa shape index (κ2) is 7.47. The molecule has 0 atom stereocenters. The van der Waals surface area contributed by atoms with E-state index in [-0.39, 0.29) is 11.8 Å². The Balaban J connectivity index is 1.75. The standard InChI is InChI=1S/C21H14ClNO3S/c22-15-8-4-9-16(12-15)23-20(24)18(14-6-2-1-3-7-14)19(21(23)25)27-13-17-10-5-11-26-17/h1-12H,13H2. The van der Waals surface area contributed by atoms with Crippen molar-refractivity contribution in [2.24, 2.45) is 0 Å². The third kappa shape index (κ3) is 3.44. The maximum absolute atomic E-state index is 13.2. The molecule has 134 valence electrons. The zero-order valence-corrected chi connectivity index (χ0v) is 15.7. The second-order valence-corrected chi connectivity index (χ2v) is 7.29. The number of anilines is 1. The Kier molecular flexibility index (Phi) is 4.88. The molecule has 0 unspecified atom stereocenters. The molecular formula is C21H14ClNO3S. The SMILES string of the molecule is O=C1C(SCc2ccco2)=C(c2ccccc2)C(=O)N1c1cccc(Cl)c1. The van der Waals surface area contributed by atoms with Crippen molar-refractivity contribution >= 4 is 46.4 Å². The van der Waals surface area contributed by atoms with Gasteiger partial charge in [0.25, 0.3) is 11.8 Å². The van der Waals surface area contributed by atoms with Crippen LogP contribution in [0.4, 0.5) is 5.69 Å². The highest BCUT2D eigenvalue weighted by Crippen LogP contribution is 2.39. The Morgan fingerprint density at radius 2 is 1.74 bits per heavy atom. The minimum Gasteiger partial charge on any atom is -0.468 e. The fraction of sp³-hybridized carbons (Fsp3) is 0.0476. The third-order valence-electron chi connectivity index (χ3n) is 4.11. The Morgan fingerprint density at radius 3 is 2.44 bits per heavy atom. The quantitative estimate of drug-likeness (QED) is 0.560. The molecule has 1 aliphatic rings. The predicted molar refractivity (Wildman–Crippen MR) is 107 cm³/mol. The van der Waals surface area contributed by atoms with E-state index in [1.165, 1.54) is 16.7 Å². The van der Waals surface area contributed by atoms with Crippen molar-refractivity contribution in [3.05, 3.63) is 94.2 Å². The van der Waals surface area contributed by atoms with Gasteiger partial charge < -0.3 is 4.42 Å². The van der Waals surface area contributed by atoms with Crippen LogP contribution in [-0.4, -0.2) is 11.8 Å². The molecule has 2 amide bonds. The van der Waals surface area contributed by atoms with E-state index in [4.69, 9.17) is 16.0 Å². The molecule has 4 rings (SSSR count). The Labute approximate surface area is 165 Å². The summed E-state index contributed by atoms with van der Waals surface area (Å²) in [7, 11) is 0. The van der Waals surface area contributed by atoms with Crippen molar-refractivity contribution in [3.63, 3.8) is 0 Å². The molecule has 4 nitrogen and oxygen atoms in total. The molecule has 27 heavy (non-hydrogen) atoms. The number of amides is 2. The van der Waals surface area contributed by atoms with Gasteiger partial charge in [0.05, 0.1) is 28.2 Å². The minimum absolute atomic E-state index is 0.349. The highest BCUT2D eigenvalue weighted by Gasteiger charge is 2.40. The third-order valence-corrected chi connectivity index (χ3v) is 5.44. The zero-order valence-electron chi connectivity index (χ0n) is 14.1. The summed E-state index contributed by atoms with van der Waals surface area (Å²) in [5, 5.41) is 0.464. The van der Waals surface area contributed by atoms with Crippen molar-refractivity contribution in [1.29, 1.82) is 0 Å². The Hall–Kier alpha value is -2.76. The van der Waals surface area contributed by atoms with E-state index < -0.39 is 0 Å². The molecule has 0 saturated heterocycles. The predicted octanol–water partition coefficient (Wildman–Crippen LogP) is 5.15. The maximum Gasteiger partial charge on any atom is 0.272 e. The van der Waals surface area contributed by atoms with Gasteiger partial charge in [0.2, 0.25) is 0 Å². The number of hydrogen-bond donors (Lipinski definition) is 0. The van der Waals surface area contributed by atoms with Gasteiger partial charge in [0.1, 0.15) is 5.76 Å². The fourth-order valence-corrected chi connectivity index (χ4v) is 4.09. The van der Waals surface area contributed by atoms with Gasteiger partial charge in [-0.1, -0.05) is 48.0 Å². The maximum atomic E-state index is 13.2. The number of carbonyl (C=O) groups is 2. The van der Waals surface area contributed by atoms with Crippen LogP contribution in [0.25, 0.3) is 5.57 Å². The van der Waals surface area contributed by atoms with E-state index in [1.807, 2.05) is 36.4 Å². The van der Waals surface area contributed by atoms with Crippen molar-refractivity contribution in [2.45, 2.75) is 5.75 Å². The lowest BCUT2D eigenvalue weighted by atomic mass is 10.1. The number of carbonyl (C=O) groups excluding carboxylic acids is 2. The lowest BCUT2D eigenvalue weighted by Crippen LogP contribution is -2.31. The highest BCUT2D eigenvalue weighted by atomic mass is 35.5. The Bertz CT molecular complexity index is 1030. The molecule has 0 bridgehead atoms. The smallest absolute Gasteiger partial charge is 0.272 e. The van der Waals surface area contributed by atoms with E-state index in [1.54, 1.807) is 36.6 Å². The summed E-state index contributed by atoms with van der Waals surface area (Å²) < 4.78 is 5.35. The van der Waals surface area contributed by atoms with E-state index in [9.17, 15) is 9.59 Å². The van der Waals surface area contributed by atoms with Crippen molar-refractivity contribution < 1.29 is 14.0 Å². The van der Waals surface area contributed by atoms with Crippen molar-refractivity contribution in [2.75, 3.05) is 4.90 Å². The summed E-state index contributed by atoms with van der Waals surface area (Å²) in [6, 6.07) is 19.6. The first-order valence-electron chi connectivity index (χ1n) is 8.24. The molecular weight excluding hydrogens is 382 g/mol. The first-order valence-corrected chi connectivity index (χ1v) is 9.61. The molecule has 0 saturated carbocycles. The number of benzene rings is 2. The largest absolute Gasteiger partial charge is 0.468 e. The summed E-state index contributed by atoms with van der Waals surface area (Å²) in [6.07, 6.45) is 1.59. The number of rotatable bonds is 5. The van der Waals surface area contributed by atoms with Crippen LogP contribution >= 0.6 is 23.4 Å². The van der Waals surface area contributed by atoms with Crippen LogP contribution in [0.2, 0.25) is 5.02 Å². The molecule has 0 N–H and O–H groups in total. The van der Waals surface area contributed by atoms with E-state index >= 15 is 0 Å². The average Bonchev–Trinajstić information content (AvgIpc) is 3.27. The van der Waals surface area contributed by atoms with Gasteiger partial charge in [-0.05, 0) is 35.9 Å². The number of nitrogens with zero attached hydrogens (tertiary/aromatic N) is 1. The number of halogens is 1. The summed E-state index contributed by atoms with van der Waals surface area (Å²) in [5.41, 5.74) is 1.57. The molecule has 6 heteroatoms. The lowest BCUT2D eigenvalue weighted by Gasteiger charge is -2.15. The van der Waals surface area contributed by atoms with Gasteiger partial charge in [0, 0.05) is 5.02 Å². The molecule has 0 spiro atoms. The molecule has 1 aliphatic heterocycles. The van der Waals surface area contributed by atoms with E-state index in [0.717, 1.165) is 5.76 Å². The number of hydrogen-bond acceptors (Lipinski definition) is 4. The van der Waals surface area contributed by atoms with Crippen LogP contribution < -0.4 is 4.90 Å². The summed E-state index contributed by atoms with van der Waals surface area (Å²) in [4.78, 5) is 27.9. The van der Waals surface area contributed by atoms with Crippen molar-refractivity contribution in [3.8, 4) is 0 Å². The van der Waals surface area contributed by atoms with Crippen molar-refractivity contribution in [1.82, 2.24) is 0 Å². The highest BCUT2D eigenvalue weighted by molar-refractivity contribution is 8.03. The summed E-state index contributed by atoms with van der Waals surface area (Å²) in [5.74, 6) is 0.496. The number of imide groups is 1. The van der Waals surface area contributed by atoms with Crippen LogP contribution in [0.5, 0.6) is 0 Å². The van der Waals surface area contributed by atoms with Crippen LogP contribution in [0, 0.1) is 0 Å². The van der Waals surface area contributed by atoms with Gasteiger partial charge in [0.15, 0.2) is 0 Å². The molecule has 0 aliphatic carbocycles. The fourth-order valence-electron chi connectivity index (χ4n) is 2.89. The molecule has 0 fully saturated rings. The first kappa shape index (κ1) is 17.6. The molecule has 2 heterocycles. The molecule has 2 aromatic carbocycles. The topological polar surface area (TPSA) is 50.5 Å². The van der Waals surface area contributed by atoms with Gasteiger partial charge in [-0.25, -0.2) is 4.90 Å².